The molecule has 0 aliphatic carbocycles. The number of allylic oxidation sites excluding steroid dienone is 6. The molecule has 0 spiro atoms. The highest BCUT2D eigenvalue weighted by Gasteiger charge is 2.12. The van der Waals surface area contributed by atoms with Gasteiger partial charge in [0, 0.05) is 6.61 Å². The van der Waals surface area contributed by atoms with Gasteiger partial charge in [-0.2, -0.15) is 0 Å². The van der Waals surface area contributed by atoms with Crippen LogP contribution in [0.15, 0.2) is 36.5 Å². The van der Waals surface area contributed by atoms with Crippen LogP contribution in [0.1, 0.15) is 57.8 Å². The fraction of sp³-hybridized carbons (Fsp3) is 0.611. The smallest absolute Gasteiger partial charge is 0.305 e. The lowest BCUT2D eigenvalue weighted by atomic mass is 10.1. The zero-order chi connectivity index (χ0) is 15.2. The number of carboxylic acid groups (broad SMARTS) is 1. The van der Waals surface area contributed by atoms with E-state index in [1.54, 1.807) is 0 Å². The molecule has 0 bridgehead atoms. The van der Waals surface area contributed by atoms with Crippen LogP contribution in [0.25, 0.3) is 0 Å². The molecular weight excluding hydrogens is 264 g/mol. The fourth-order valence-electron chi connectivity index (χ4n) is 2.29. The summed E-state index contributed by atoms with van der Waals surface area (Å²) in [5, 5.41) is 8.92. The van der Waals surface area contributed by atoms with Gasteiger partial charge in [-0.05, 0) is 44.9 Å². The molecule has 0 aromatic carbocycles. The number of aliphatic carboxylic acids is 1. The molecule has 1 aliphatic rings. The zero-order valence-electron chi connectivity index (χ0n) is 12.9. The van der Waals surface area contributed by atoms with Crippen LogP contribution in [0, 0.1) is 0 Å². The van der Waals surface area contributed by atoms with Gasteiger partial charge in [0.2, 0.25) is 0 Å². The lowest BCUT2D eigenvalue weighted by molar-refractivity contribution is -0.140. The van der Waals surface area contributed by atoms with Gasteiger partial charge in [-0.1, -0.05) is 42.9 Å². The van der Waals surface area contributed by atoms with Crippen molar-refractivity contribution in [3.63, 3.8) is 0 Å². The summed E-state index contributed by atoms with van der Waals surface area (Å²) in [6.45, 7) is 0.674. The summed E-state index contributed by atoms with van der Waals surface area (Å²) in [7, 11) is 0. The molecule has 1 rings (SSSR count). The van der Waals surface area contributed by atoms with E-state index in [0.717, 1.165) is 44.9 Å². The van der Waals surface area contributed by atoms with Crippen molar-refractivity contribution in [2.75, 3.05) is 6.61 Å². The van der Waals surface area contributed by atoms with Crippen LogP contribution in [0.3, 0.4) is 0 Å². The maximum absolute atomic E-state index is 10.8. The average Bonchev–Trinajstić information content (AvgIpc) is 2.45. The molecule has 1 heterocycles. The van der Waals surface area contributed by atoms with Crippen LogP contribution in [0.4, 0.5) is 0 Å². The molecule has 0 fully saturated rings. The Morgan fingerprint density at radius 2 is 1.62 bits per heavy atom. The Morgan fingerprint density at radius 3 is 2.33 bits per heavy atom. The van der Waals surface area contributed by atoms with Crippen LogP contribution >= 0.6 is 0 Å². The molecule has 0 saturated carbocycles. The predicted molar refractivity (Wildman–Crippen MR) is 86.3 cm³/mol. The quantitative estimate of drug-likeness (QED) is 0.754. The third kappa shape index (κ3) is 11.0. The van der Waals surface area contributed by atoms with E-state index in [9.17, 15) is 4.79 Å². The minimum atomic E-state index is -0.775. The van der Waals surface area contributed by atoms with E-state index in [0.29, 0.717) is 6.61 Å². The summed E-state index contributed by atoms with van der Waals surface area (Å²) in [5.74, 6) is -0.775. The van der Waals surface area contributed by atoms with Gasteiger partial charge in [0.15, 0.2) is 0 Å². The first-order valence-electron chi connectivity index (χ1n) is 8.07. The van der Waals surface area contributed by atoms with Crippen molar-refractivity contribution in [2.24, 2.45) is 0 Å². The largest absolute Gasteiger partial charge is 0.481 e. The van der Waals surface area contributed by atoms with Crippen LogP contribution < -0.4 is 0 Å². The minimum Gasteiger partial charge on any atom is -0.481 e. The van der Waals surface area contributed by atoms with E-state index in [1.165, 1.54) is 6.42 Å². The Hall–Kier alpha value is -1.35. The minimum absolute atomic E-state index is 0.108. The second-order valence-corrected chi connectivity index (χ2v) is 5.40. The van der Waals surface area contributed by atoms with Gasteiger partial charge in [-0.15, -0.1) is 0 Å². The molecule has 0 aromatic heterocycles. The summed E-state index contributed by atoms with van der Waals surface area (Å²) < 4.78 is 5.73. The molecule has 1 N–H and O–H groups in total. The molecule has 3 heteroatoms. The highest BCUT2D eigenvalue weighted by Crippen LogP contribution is 2.11. The lowest BCUT2D eigenvalue weighted by Gasteiger charge is -2.15. The topological polar surface area (TPSA) is 46.5 Å². The SMILES string of the molecule is O=C(O)CC1CCC=CCC=CCC=CCCCCCO1. The van der Waals surface area contributed by atoms with E-state index >= 15 is 0 Å². The highest BCUT2D eigenvalue weighted by atomic mass is 16.5. The summed E-state index contributed by atoms with van der Waals surface area (Å²) in [6.07, 6.45) is 21.1. The van der Waals surface area contributed by atoms with Crippen molar-refractivity contribution in [3.8, 4) is 0 Å². The predicted octanol–water partition coefficient (Wildman–Crippen LogP) is 4.65. The summed E-state index contributed by atoms with van der Waals surface area (Å²) in [6, 6.07) is 0. The number of carboxylic acids is 1. The second-order valence-electron chi connectivity index (χ2n) is 5.40. The first-order chi connectivity index (χ1) is 10.3. The first-order valence-corrected chi connectivity index (χ1v) is 8.07. The number of rotatable bonds is 2. The van der Waals surface area contributed by atoms with Gasteiger partial charge in [0.05, 0.1) is 12.5 Å². The normalized spacial score (nSPS) is 22.8. The third-order valence-electron chi connectivity index (χ3n) is 3.47. The average molecular weight is 292 g/mol. The molecular formula is C18H28O3. The van der Waals surface area contributed by atoms with Crippen LogP contribution in [0.5, 0.6) is 0 Å². The van der Waals surface area contributed by atoms with E-state index < -0.39 is 5.97 Å². The number of carbonyl (C=O) groups is 1. The zero-order valence-corrected chi connectivity index (χ0v) is 12.9. The van der Waals surface area contributed by atoms with Gasteiger partial charge in [-0.25, -0.2) is 0 Å². The molecule has 0 amide bonds. The Bertz CT molecular complexity index is 355. The second kappa shape index (κ2) is 12.4. The van der Waals surface area contributed by atoms with Crippen LogP contribution in [-0.2, 0) is 9.53 Å². The van der Waals surface area contributed by atoms with Crippen molar-refractivity contribution in [2.45, 2.75) is 63.9 Å². The highest BCUT2D eigenvalue weighted by molar-refractivity contribution is 5.67. The Kier molecular flexibility index (Phi) is 10.4. The van der Waals surface area contributed by atoms with Gasteiger partial charge in [0.1, 0.15) is 0 Å². The van der Waals surface area contributed by atoms with E-state index in [-0.39, 0.29) is 12.5 Å². The number of hydrogen-bond acceptors (Lipinski definition) is 2. The molecule has 0 radical (unpaired) electrons. The summed E-state index contributed by atoms with van der Waals surface area (Å²) in [4.78, 5) is 10.8. The molecule has 0 aromatic rings. The fourth-order valence-corrected chi connectivity index (χ4v) is 2.29. The van der Waals surface area contributed by atoms with Crippen molar-refractivity contribution in [1.29, 1.82) is 0 Å². The van der Waals surface area contributed by atoms with E-state index in [2.05, 4.69) is 36.5 Å². The third-order valence-corrected chi connectivity index (χ3v) is 3.47. The van der Waals surface area contributed by atoms with Crippen LogP contribution in [0.2, 0.25) is 0 Å². The van der Waals surface area contributed by atoms with Crippen LogP contribution in [-0.4, -0.2) is 23.8 Å². The summed E-state index contributed by atoms with van der Waals surface area (Å²) in [5.41, 5.74) is 0. The molecule has 1 atom stereocenters. The van der Waals surface area contributed by atoms with Crippen molar-refractivity contribution in [3.05, 3.63) is 36.5 Å². The van der Waals surface area contributed by atoms with Gasteiger partial charge < -0.3 is 9.84 Å². The van der Waals surface area contributed by atoms with Gasteiger partial charge >= 0.3 is 5.97 Å². The van der Waals surface area contributed by atoms with E-state index in [1.807, 2.05) is 0 Å². The molecule has 21 heavy (non-hydrogen) atoms. The van der Waals surface area contributed by atoms with E-state index in [4.69, 9.17) is 9.84 Å². The first kappa shape index (κ1) is 17.7. The van der Waals surface area contributed by atoms with Gasteiger partial charge in [-0.3, -0.25) is 4.79 Å². The molecule has 1 unspecified atom stereocenters. The van der Waals surface area contributed by atoms with Crippen molar-refractivity contribution in [1.82, 2.24) is 0 Å². The maximum atomic E-state index is 10.8. The molecule has 118 valence electrons. The summed E-state index contributed by atoms with van der Waals surface area (Å²) >= 11 is 0. The number of hydrogen-bond donors (Lipinski definition) is 1. The van der Waals surface area contributed by atoms with Gasteiger partial charge in [0.25, 0.3) is 0 Å². The Morgan fingerprint density at radius 1 is 0.952 bits per heavy atom. The molecule has 1 aliphatic heterocycles. The Balaban J connectivity index is 2.42. The number of ether oxygens (including phenoxy) is 1. The molecule has 3 nitrogen and oxygen atoms in total. The monoisotopic (exact) mass is 292 g/mol. The molecule has 0 saturated heterocycles. The standard InChI is InChI=1S/C18H28O3/c19-18(20)16-17-14-12-10-8-6-4-2-1-3-5-7-9-11-13-15-21-17/h2-5,8,10,17H,1,6-7,9,11-16H2,(H,19,20). The Labute approximate surface area is 128 Å². The maximum Gasteiger partial charge on any atom is 0.305 e. The van der Waals surface area contributed by atoms with Crippen molar-refractivity contribution >= 4 is 5.97 Å². The lowest BCUT2D eigenvalue weighted by Crippen LogP contribution is -2.18. The van der Waals surface area contributed by atoms with Crippen molar-refractivity contribution < 1.29 is 14.6 Å².